The van der Waals surface area contributed by atoms with E-state index in [0.717, 1.165) is 37.7 Å². The molecular weight excluding hydrogens is 402 g/mol. The molecule has 1 spiro atoms. The van der Waals surface area contributed by atoms with Crippen LogP contribution >= 0.6 is 11.6 Å². The molecule has 0 aromatic heterocycles. The van der Waals surface area contributed by atoms with Crippen molar-refractivity contribution in [1.82, 2.24) is 4.90 Å². The molecule has 7 heteroatoms. The normalized spacial score (nSPS) is 17.7. The predicted octanol–water partition coefficient (Wildman–Crippen LogP) is 4.28. The Bertz CT molecular complexity index is 984. The number of aliphatic imine (C=N–C) groups is 1. The third-order valence-electron chi connectivity index (χ3n) is 5.71. The van der Waals surface area contributed by atoms with Crippen molar-refractivity contribution < 1.29 is 14.3 Å². The monoisotopic (exact) mass is 425 g/mol. The maximum atomic E-state index is 13.3. The van der Waals surface area contributed by atoms with Crippen LogP contribution in [0.3, 0.4) is 0 Å². The van der Waals surface area contributed by atoms with Crippen molar-refractivity contribution >= 4 is 34.8 Å². The molecule has 4 rings (SSSR count). The minimum atomic E-state index is -0.643. The summed E-state index contributed by atoms with van der Waals surface area (Å²) in [6.45, 7) is -0.0751. The minimum absolute atomic E-state index is 0.0751. The number of carbonyl (C=O) groups is 2. The number of methoxy groups -OCH3 is 1. The maximum absolute atomic E-state index is 13.3. The quantitative estimate of drug-likeness (QED) is 0.777. The van der Waals surface area contributed by atoms with Crippen molar-refractivity contribution in [3.63, 3.8) is 0 Å². The first-order chi connectivity index (χ1) is 14.5. The van der Waals surface area contributed by atoms with Crippen LogP contribution < -0.4 is 10.1 Å². The van der Waals surface area contributed by atoms with Crippen molar-refractivity contribution in [1.29, 1.82) is 0 Å². The van der Waals surface area contributed by atoms with E-state index in [0.29, 0.717) is 22.2 Å². The second-order valence-corrected chi connectivity index (χ2v) is 8.09. The second-order valence-electron chi connectivity index (χ2n) is 7.65. The van der Waals surface area contributed by atoms with Crippen LogP contribution in [-0.4, -0.2) is 41.7 Å². The van der Waals surface area contributed by atoms with Gasteiger partial charge in [-0.15, -0.1) is 0 Å². The number of nitrogens with one attached hydrogen (secondary N) is 1. The number of carbonyl (C=O) groups excluding carboxylic acids is 2. The van der Waals surface area contributed by atoms with Gasteiger partial charge in [-0.2, -0.15) is 0 Å². The molecule has 1 fully saturated rings. The molecule has 0 bridgehead atoms. The van der Waals surface area contributed by atoms with Crippen molar-refractivity contribution in [2.75, 3.05) is 19.0 Å². The number of rotatable bonds is 5. The van der Waals surface area contributed by atoms with E-state index in [4.69, 9.17) is 21.3 Å². The Balaban J connectivity index is 1.59. The summed E-state index contributed by atoms with van der Waals surface area (Å²) in [5, 5.41) is 3.32. The summed E-state index contributed by atoms with van der Waals surface area (Å²) in [5.74, 6) is 0.00351. The minimum Gasteiger partial charge on any atom is -0.495 e. The Morgan fingerprint density at radius 2 is 1.90 bits per heavy atom. The van der Waals surface area contributed by atoms with Crippen molar-refractivity contribution in [3.05, 3.63) is 59.1 Å². The van der Waals surface area contributed by atoms with Gasteiger partial charge in [-0.1, -0.05) is 48.4 Å². The fourth-order valence-electron chi connectivity index (χ4n) is 4.25. The number of halogens is 1. The second kappa shape index (κ2) is 8.48. The van der Waals surface area contributed by atoms with E-state index in [9.17, 15) is 9.59 Å². The van der Waals surface area contributed by atoms with Gasteiger partial charge in [-0.3, -0.25) is 14.6 Å². The largest absolute Gasteiger partial charge is 0.495 e. The lowest BCUT2D eigenvalue weighted by molar-refractivity contribution is -0.134. The molecule has 1 aliphatic carbocycles. The molecule has 1 heterocycles. The Hall–Kier alpha value is -2.86. The van der Waals surface area contributed by atoms with E-state index in [1.54, 1.807) is 23.1 Å². The molecule has 0 atom stereocenters. The molecule has 0 unspecified atom stereocenters. The van der Waals surface area contributed by atoms with Crippen LogP contribution in [-0.2, 0) is 9.59 Å². The number of anilines is 1. The van der Waals surface area contributed by atoms with E-state index < -0.39 is 5.66 Å². The Morgan fingerprint density at radius 3 is 2.60 bits per heavy atom. The molecule has 2 amide bonds. The van der Waals surface area contributed by atoms with Gasteiger partial charge in [0.05, 0.1) is 12.8 Å². The smallest absolute Gasteiger partial charge is 0.275 e. The molecule has 1 aliphatic heterocycles. The van der Waals surface area contributed by atoms with Crippen molar-refractivity contribution in [2.45, 2.75) is 37.8 Å². The summed E-state index contributed by atoms with van der Waals surface area (Å²) in [5.41, 5.74) is 1.05. The summed E-state index contributed by atoms with van der Waals surface area (Å²) in [4.78, 5) is 32.7. The van der Waals surface area contributed by atoms with E-state index in [-0.39, 0.29) is 18.4 Å². The van der Waals surface area contributed by atoms with Gasteiger partial charge in [0.2, 0.25) is 5.91 Å². The highest BCUT2D eigenvalue weighted by Crippen LogP contribution is 2.39. The van der Waals surface area contributed by atoms with Gasteiger partial charge in [0.25, 0.3) is 5.91 Å². The Morgan fingerprint density at radius 1 is 1.17 bits per heavy atom. The van der Waals surface area contributed by atoms with E-state index in [1.165, 1.54) is 7.11 Å². The highest BCUT2D eigenvalue weighted by Gasteiger charge is 2.48. The van der Waals surface area contributed by atoms with Crippen LogP contribution in [0.5, 0.6) is 5.75 Å². The van der Waals surface area contributed by atoms with E-state index in [1.807, 2.05) is 30.3 Å². The molecule has 1 N–H and O–H groups in total. The van der Waals surface area contributed by atoms with Gasteiger partial charge < -0.3 is 15.0 Å². The van der Waals surface area contributed by atoms with Gasteiger partial charge in [0.1, 0.15) is 23.7 Å². The lowest BCUT2D eigenvalue weighted by atomic mass is 9.88. The molecule has 30 heavy (non-hydrogen) atoms. The van der Waals surface area contributed by atoms with Gasteiger partial charge >= 0.3 is 0 Å². The molecule has 1 saturated carbocycles. The fraction of sp³-hybridized carbons (Fsp3) is 0.348. The molecule has 6 nitrogen and oxygen atoms in total. The summed E-state index contributed by atoms with van der Waals surface area (Å²) in [7, 11) is 1.53. The topological polar surface area (TPSA) is 71.0 Å². The summed E-state index contributed by atoms with van der Waals surface area (Å²) in [6, 6.07) is 14.5. The average molecular weight is 426 g/mol. The van der Waals surface area contributed by atoms with Crippen LogP contribution in [0.15, 0.2) is 53.5 Å². The van der Waals surface area contributed by atoms with Crippen molar-refractivity contribution in [2.24, 2.45) is 4.99 Å². The van der Waals surface area contributed by atoms with Crippen LogP contribution in [0.4, 0.5) is 5.69 Å². The fourth-order valence-corrected chi connectivity index (χ4v) is 4.42. The zero-order valence-electron chi connectivity index (χ0n) is 16.9. The number of nitrogens with zero attached hydrogens (tertiary/aromatic N) is 2. The first-order valence-electron chi connectivity index (χ1n) is 10.1. The zero-order chi connectivity index (χ0) is 21.1. The van der Waals surface area contributed by atoms with Crippen LogP contribution in [0.2, 0.25) is 5.02 Å². The number of hydrogen-bond acceptors (Lipinski definition) is 4. The summed E-state index contributed by atoms with van der Waals surface area (Å²) in [6.07, 6.45) is 4.62. The van der Waals surface area contributed by atoms with Crippen LogP contribution in [0.25, 0.3) is 0 Å². The summed E-state index contributed by atoms with van der Waals surface area (Å²) < 4.78 is 5.30. The summed E-state index contributed by atoms with van der Waals surface area (Å²) >= 11 is 6.06. The average Bonchev–Trinajstić information content (AvgIpc) is 3.01. The number of hydrogen-bond donors (Lipinski definition) is 1. The van der Waals surface area contributed by atoms with Gasteiger partial charge in [-0.25, -0.2) is 0 Å². The third kappa shape index (κ3) is 3.92. The van der Waals surface area contributed by atoms with Gasteiger partial charge in [-0.05, 0) is 43.9 Å². The van der Waals surface area contributed by atoms with Gasteiger partial charge in [0, 0.05) is 10.6 Å². The van der Waals surface area contributed by atoms with Gasteiger partial charge in [0.15, 0.2) is 0 Å². The van der Waals surface area contributed by atoms with E-state index in [2.05, 4.69) is 5.32 Å². The Kier molecular flexibility index (Phi) is 5.77. The standard InChI is InChI=1S/C23H24ClN3O3/c1-30-19-11-10-17(24)14-18(19)25-20(28)15-27-22(29)21(16-8-4-2-5-9-16)26-23(27)12-6-3-7-13-23/h2,4-5,8-11,14H,3,6-7,12-13,15H2,1H3,(H,25,28). The molecular formula is C23H24ClN3O3. The zero-order valence-corrected chi connectivity index (χ0v) is 17.6. The van der Waals surface area contributed by atoms with E-state index >= 15 is 0 Å². The first kappa shape index (κ1) is 20.4. The van der Waals surface area contributed by atoms with Crippen LogP contribution in [0.1, 0.15) is 37.7 Å². The molecule has 2 aromatic rings. The lowest BCUT2D eigenvalue weighted by Crippen LogP contribution is -2.51. The SMILES string of the molecule is COc1ccc(Cl)cc1NC(=O)CN1C(=O)C(c2ccccc2)=NC12CCCCC2. The van der Waals surface area contributed by atoms with Crippen molar-refractivity contribution in [3.8, 4) is 5.75 Å². The lowest BCUT2D eigenvalue weighted by Gasteiger charge is -2.38. The highest BCUT2D eigenvalue weighted by molar-refractivity contribution is 6.47. The predicted molar refractivity (Wildman–Crippen MR) is 117 cm³/mol. The number of benzene rings is 2. The molecule has 0 radical (unpaired) electrons. The highest BCUT2D eigenvalue weighted by atomic mass is 35.5. The first-order valence-corrected chi connectivity index (χ1v) is 10.5. The molecule has 2 aromatic carbocycles. The number of amides is 2. The molecule has 156 valence electrons. The number of ether oxygens (including phenoxy) is 1. The third-order valence-corrected chi connectivity index (χ3v) is 5.94. The Labute approximate surface area is 180 Å². The molecule has 2 aliphatic rings. The maximum Gasteiger partial charge on any atom is 0.275 e. The molecule has 0 saturated heterocycles. The van der Waals surface area contributed by atoms with Crippen LogP contribution in [0, 0.1) is 0 Å².